The van der Waals surface area contributed by atoms with Crippen molar-refractivity contribution in [3.8, 4) is 11.8 Å². The van der Waals surface area contributed by atoms with E-state index in [9.17, 15) is 4.79 Å². The van der Waals surface area contributed by atoms with Gasteiger partial charge in [0.25, 0.3) is 0 Å². The minimum absolute atomic E-state index is 0.420. The van der Waals surface area contributed by atoms with Gasteiger partial charge >= 0.3 is 6.09 Å². The lowest BCUT2D eigenvalue weighted by atomic mass is 10.1. The number of aromatic nitrogens is 2. The Balaban J connectivity index is 0.00000176. The number of nitrogen functional groups attached to an aromatic ring is 1. The maximum atomic E-state index is 11.5. The molecule has 0 saturated carbocycles. The van der Waals surface area contributed by atoms with Crippen LogP contribution in [0.15, 0.2) is 12.3 Å². The van der Waals surface area contributed by atoms with E-state index in [0.29, 0.717) is 35.7 Å². The van der Waals surface area contributed by atoms with Crippen molar-refractivity contribution in [1.29, 1.82) is 0 Å². The first-order valence-electron chi connectivity index (χ1n) is 9.04. The molecule has 2 aromatic rings. The van der Waals surface area contributed by atoms with E-state index >= 15 is 0 Å². The lowest BCUT2D eigenvalue weighted by molar-refractivity contribution is 0.0527. The zero-order valence-corrected chi connectivity index (χ0v) is 17.7. The number of carbonyl (C=O) groups is 1. The smallest absolute Gasteiger partial charge is 0.407 e. The Bertz CT molecular complexity index is 841. The van der Waals surface area contributed by atoms with Crippen LogP contribution in [-0.2, 0) is 11.8 Å². The van der Waals surface area contributed by atoms with Crippen LogP contribution >= 0.6 is 11.6 Å². The summed E-state index contributed by atoms with van der Waals surface area (Å²) in [7, 11) is 1.84. The van der Waals surface area contributed by atoms with Gasteiger partial charge in [0.1, 0.15) is 5.60 Å². The number of benzene rings is 1. The van der Waals surface area contributed by atoms with Crippen LogP contribution in [0.3, 0.4) is 0 Å². The van der Waals surface area contributed by atoms with Gasteiger partial charge in [-0.1, -0.05) is 37.3 Å². The van der Waals surface area contributed by atoms with Gasteiger partial charge in [0, 0.05) is 31.6 Å². The molecule has 0 spiro atoms. The Labute approximate surface area is 166 Å². The standard InChI is InChI=1S/C18H23ClN4O2.C2H6/c1-18(2,3)25-17(24)21-9-7-5-6-8-12-13-11-23(4)22-15(13)10-14(19)16(12)20;1-2/h10-11H,5,7,9,20H2,1-4H3,(H,21,24);1-2H3. The first kappa shape index (κ1) is 22.7. The van der Waals surface area contributed by atoms with Gasteiger partial charge in [-0.2, -0.15) is 5.10 Å². The molecule has 0 atom stereocenters. The van der Waals surface area contributed by atoms with Crippen LogP contribution in [0.5, 0.6) is 0 Å². The second-order valence-electron chi connectivity index (χ2n) is 6.72. The molecule has 0 bridgehead atoms. The Morgan fingerprint density at radius 1 is 1.41 bits per heavy atom. The van der Waals surface area contributed by atoms with Crippen molar-refractivity contribution in [2.24, 2.45) is 7.05 Å². The molecule has 0 aliphatic carbocycles. The van der Waals surface area contributed by atoms with Crippen LogP contribution in [0.2, 0.25) is 5.02 Å². The number of fused-ring (bicyclic) bond motifs is 1. The third-order valence-electron chi connectivity index (χ3n) is 3.28. The van der Waals surface area contributed by atoms with Crippen molar-refractivity contribution in [2.75, 3.05) is 12.3 Å². The molecule has 2 rings (SSSR count). The molecular formula is C20H29ClN4O2. The fourth-order valence-electron chi connectivity index (χ4n) is 2.23. The number of unbranched alkanes of at least 4 members (excludes halogenated alkanes) is 1. The quantitative estimate of drug-likeness (QED) is 0.458. The highest BCUT2D eigenvalue weighted by molar-refractivity contribution is 6.34. The monoisotopic (exact) mass is 392 g/mol. The molecule has 7 heteroatoms. The summed E-state index contributed by atoms with van der Waals surface area (Å²) in [5.41, 5.74) is 7.47. The number of hydrogen-bond acceptors (Lipinski definition) is 4. The lowest BCUT2D eigenvalue weighted by Gasteiger charge is -2.19. The molecule has 1 heterocycles. The number of halogens is 1. The van der Waals surface area contributed by atoms with Crippen LogP contribution in [0.25, 0.3) is 10.9 Å². The van der Waals surface area contributed by atoms with E-state index in [0.717, 1.165) is 10.9 Å². The number of nitrogens with one attached hydrogen (secondary N) is 1. The normalized spacial score (nSPS) is 10.5. The molecule has 1 aromatic carbocycles. The Morgan fingerprint density at radius 3 is 2.70 bits per heavy atom. The first-order valence-corrected chi connectivity index (χ1v) is 9.42. The number of aryl methyl sites for hydroxylation is 1. The van der Waals surface area contributed by atoms with Crippen molar-refractivity contribution in [3.63, 3.8) is 0 Å². The molecule has 1 aromatic heterocycles. The predicted octanol–water partition coefficient (Wildman–Crippen LogP) is 4.49. The number of alkyl carbamates (subject to hydrolysis) is 1. The lowest BCUT2D eigenvalue weighted by Crippen LogP contribution is -2.32. The average Bonchev–Trinajstić information content (AvgIpc) is 2.93. The van der Waals surface area contributed by atoms with E-state index in [1.807, 2.05) is 47.9 Å². The minimum atomic E-state index is -0.497. The molecule has 0 radical (unpaired) electrons. The zero-order chi connectivity index (χ0) is 20.6. The van der Waals surface area contributed by atoms with Gasteiger partial charge < -0.3 is 15.8 Å². The number of rotatable bonds is 3. The van der Waals surface area contributed by atoms with Crippen LogP contribution in [-0.4, -0.2) is 28.0 Å². The Hall–Kier alpha value is -2.39. The third-order valence-corrected chi connectivity index (χ3v) is 3.59. The molecule has 0 aliphatic rings. The highest BCUT2D eigenvalue weighted by atomic mass is 35.5. The van der Waals surface area contributed by atoms with Crippen LogP contribution < -0.4 is 11.1 Å². The van der Waals surface area contributed by atoms with Crippen molar-refractivity contribution < 1.29 is 9.53 Å². The summed E-state index contributed by atoms with van der Waals surface area (Å²) in [6.07, 6.45) is 2.78. The van der Waals surface area contributed by atoms with Gasteiger partial charge in [-0.15, -0.1) is 0 Å². The number of carbonyl (C=O) groups excluding carboxylic acids is 1. The molecule has 0 unspecified atom stereocenters. The second-order valence-corrected chi connectivity index (χ2v) is 7.12. The Kier molecular flexibility index (Phi) is 8.45. The number of hydrogen-bond donors (Lipinski definition) is 2. The van der Waals surface area contributed by atoms with E-state index in [1.54, 1.807) is 10.7 Å². The summed E-state index contributed by atoms with van der Waals surface area (Å²) in [4.78, 5) is 11.5. The predicted molar refractivity (Wildman–Crippen MR) is 112 cm³/mol. The summed E-state index contributed by atoms with van der Waals surface area (Å²) >= 11 is 6.15. The summed E-state index contributed by atoms with van der Waals surface area (Å²) in [6.45, 7) is 9.98. The molecule has 27 heavy (non-hydrogen) atoms. The van der Waals surface area contributed by atoms with Crippen molar-refractivity contribution >= 4 is 34.3 Å². The first-order chi connectivity index (χ1) is 12.7. The Morgan fingerprint density at radius 2 is 2.07 bits per heavy atom. The van der Waals surface area contributed by atoms with Gasteiger partial charge in [0.15, 0.2) is 0 Å². The molecule has 6 nitrogen and oxygen atoms in total. The summed E-state index contributed by atoms with van der Waals surface area (Å²) in [5, 5.41) is 8.36. The van der Waals surface area contributed by atoms with Crippen LogP contribution in [0, 0.1) is 11.8 Å². The molecule has 148 valence electrons. The van der Waals surface area contributed by atoms with Crippen LogP contribution in [0.1, 0.15) is 53.0 Å². The van der Waals surface area contributed by atoms with Crippen molar-refractivity contribution in [2.45, 2.75) is 53.1 Å². The second kappa shape index (κ2) is 10.1. The zero-order valence-electron chi connectivity index (χ0n) is 16.9. The average molecular weight is 393 g/mol. The summed E-state index contributed by atoms with van der Waals surface area (Å²) < 4.78 is 6.87. The maximum Gasteiger partial charge on any atom is 0.407 e. The van der Waals surface area contributed by atoms with Gasteiger partial charge in [0.2, 0.25) is 0 Å². The van der Waals surface area contributed by atoms with Crippen LogP contribution in [0.4, 0.5) is 10.5 Å². The number of nitrogens with two attached hydrogens (primary N) is 1. The highest BCUT2D eigenvalue weighted by Crippen LogP contribution is 2.30. The third kappa shape index (κ3) is 7.03. The highest BCUT2D eigenvalue weighted by Gasteiger charge is 2.15. The molecule has 0 saturated heterocycles. The number of ether oxygens (including phenoxy) is 1. The van der Waals surface area contributed by atoms with E-state index < -0.39 is 11.7 Å². The van der Waals surface area contributed by atoms with Crippen molar-refractivity contribution in [3.05, 3.63) is 22.8 Å². The van der Waals surface area contributed by atoms with Gasteiger partial charge in [0.05, 0.1) is 21.8 Å². The van der Waals surface area contributed by atoms with Gasteiger partial charge in [-0.05, 0) is 33.3 Å². The summed E-state index contributed by atoms with van der Waals surface area (Å²) in [5.74, 6) is 6.16. The fourth-order valence-corrected chi connectivity index (χ4v) is 2.43. The van der Waals surface area contributed by atoms with Gasteiger partial charge in [-0.3, -0.25) is 4.68 Å². The van der Waals surface area contributed by atoms with Gasteiger partial charge in [-0.25, -0.2) is 4.79 Å². The molecular weight excluding hydrogens is 364 g/mol. The van der Waals surface area contributed by atoms with E-state index in [1.165, 1.54) is 0 Å². The molecule has 1 amide bonds. The molecule has 3 N–H and O–H groups in total. The van der Waals surface area contributed by atoms with E-state index in [2.05, 4.69) is 22.3 Å². The molecule has 0 aliphatic heterocycles. The number of anilines is 1. The molecule has 0 fully saturated rings. The maximum absolute atomic E-state index is 11.5. The number of amides is 1. The fraction of sp³-hybridized carbons (Fsp3) is 0.500. The number of nitrogens with zero attached hydrogens (tertiary/aromatic N) is 2. The summed E-state index contributed by atoms with van der Waals surface area (Å²) in [6, 6.07) is 1.74. The largest absolute Gasteiger partial charge is 0.444 e. The minimum Gasteiger partial charge on any atom is -0.444 e. The SMILES string of the molecule is CC.Cn1cc2c(C#CCCCNC(=O)OC(C)(C)C)c(N)c(Cl)cc2n1. The van der Waals surface area contributed by atoms with Crippen molar-refractivity contribution in [1.82, 2.24) is 15.1 Å². The van der Waals surface area contributed by atoms with E-state index in [-0.39, 0.29) is 0 Å². The topological polar surface area (TPSA) is 82.2 Å². The van der Waals surface area contributed by atoms with E-state index in [4.69, 9.17) is 22.1 Å².